The van der Waals surface area contributed by atoms with Crippen LogP contribution in [0, 0.1) is 86.0 Å². The molecule has 17 heteroatoms. The maximum Gasteiger partial charge on any atom is 0.181 e. The van der Waals surface area contributed by atoms with Crippen molar-refractivity contribution >= 4 is 93.3 Å². The Kier molecular flexibility index (Phi) is 15.5. The smallest absolute Gasteiger partial charge is 0.181 e. The number of halogens is 7. The second kappa shape index (κ2) is 22.9. The van der Waals surface area contributed by atoms with Crippen LogP contribution in [-0.4, -0.2) is 39.9 Å². The molecule has 0 amide bonds. The number of furan rings is 2. The van der Waals surface area contributed by atoms with Crippen molar-refractivity contribution in [2.45, 2.75) is 34.6 Å². The molecule has 0 unspecified atom stereocenters. The van der Waals surface area contributed by atoms with Gasteiger partial charge in [0.05, 0.1) is 11.0 Å². The fraction of sp³-hybridized carbons (Fsp3) is 0.131. The molecule has 12 rings (SSSR count). The Morgan fingerprint density at radius 1 is 0.487 bits per heavy atom. The van der Waals surface area contributed by atoms with E-state index in [1.165, 1.54) is 64.3 Å². The lowest BCUT2D eigenvalue weighted by Gasteiger charge is -2.13. The number of Topliss-reactive ketones (excluding diaryl/α,β-unsaturated/α-hetero) is 1. The zero-order valence-corrected chi connectivity index (χ0v) is 41.9. The fourth-order valence-electron chi connectivity index (χ4n) is 9.23. The molecule has 388 valence electrons. The monoisotopic (exact) mass is 1050 g/mol. The van der Waals surface area contributed by atoms with Crippen molar-refractivity contribution in [3.63, 3.8) is 0 Å². The molecule has 0 saturated heterocycles. The molecule has 4 heterocycles. The molecule has 4 aromatic heterocycles. The largest absolute Gasteiger partial charge is 0.456 e. The summed E-state index contributed by atoms with van der Waals surface area (Å²) in [5, 5.41) is 43.1. The number of nitrogens with zero attached hydrogens (tertiary/aromatic N) is 6. The summed E-state index contributed by atoms with van der Waals surface area (Å²) in [7, 11) is 0. The van der Waals surface area contributed by atoms with Gasteiger partial charge in [-0.1, -0.05) is 93.6 Å². The van der Waals surface area contributed by atoms with Gasteiger partial charge in [-0.25, -0.2) is 30.7 Å². The molecule has 0 saturated carbocycles. The van der Waals surface area contributed by atoms with Crippen molar-refractivity contribution in [2.75, 3.05) is 19.6 Å². The first kappa shape index (κ1) is 52.9. The maximum absolute atomic E-state index is 15.5. The summed E-state index contributed by atoms with van der Waals surface area (Å²) in [5.41, 5.74) is 1.26. The topological polar surface area (TPSA) is 162 Å². The third-order valence-corrected chi connectivity index (χ3v) is 12.8. The van der Waals surface area contributed by atoms with Crippen molar-refractivity contribution in [3.8, 4) is 30.0 Å². The molecule has 12 aromatic rings. The van der Waals surface area contributed by atoms with Gasteiger partial charge in [0.2, 0.25) is 0 Å². The van der Waals surface area contributed by atoms with Crippen LogP contribution in [0.1, 0.15) is 58.2 Å². The molecular weight excluding hydrogens is 1010 g/mol. The number of nitrogens with one attached hydrogen (secondary N) is 1. The van der Waals surface area contributed by atoms with Gasteiger partial charge in [0.15, 0.2) is 40.7 Å². The number of para-hydroxylation sites is 4. The van der Waals surface area contributed by atoms with E-state index < -0.39 is 68.7 Å². The van der Waals surface area contributed by atoms with Crippen LogP contribution in [0.15, 0.2) is 130 Å². The van der Waals surface area contributed by atoms with Crippen LogP contribution in [0.4, 0.5) is 30.7 Å². The van der Waals surface area contributed by atoms with E-state index >= 15 is 4.39 Å². The highest BCUT2D eigenvalue weighted by atomic mass is 19.2. The summed E-state index contributed by atoms with van der Waals surface area (Å²) in [4.78, 5) is 15.5. The van der Waals surface area contributed by atoms with E-state index in [0.29, 0.717) is 33.0 Å². The Hall–Kier alpha value is -9.94. The number of hydrogen-bond acceptors (Lipinski definition) is 8. The number of aromatic nitrogens is 2. The molecule has 8 aromatic carbocycles. The summed E-state index contributed by atoms with van der Waals surface area (Å²) in [6, 6.07) is 43.5. The number of hydrogen-bond donors (Lipinski definition) is 1. The molecule has 78 heavy (non-hydrogen) atoms. The summed E-state index contributed by atoms with van der Waals surface area (Å²) in [6.45, 7) is 11.4. The van der Waals surface area contributed by atoms with Crippen LogP contribution >= 0.6 is 0 Å². The number of H-pyrrole nitrogens is 1. The van der Waals surface area contributed by atoms with Gasteiger partial charge in [0.1, 0.15) is 80.3 Å². The van der Waals surface area contributed by atoms with E-state index in [1.807, 2.05) is 48.5 Å². The van der Waals surface area contributed by atoms with Crippen LogP contribution in [0.5, 0.6) is 0 Å². The van der Waals surface area contributed by atoms with E-state index in [1.54, 1.807) is 36.4 Å². The summed E-state index contributed by atoms with van der Waals surface area (Å²) < 4.78 is 115. The first-order chi connectivity index (χ1) is 38.1. The third kappa shape index (κ3) is 9.67. The number of ketones is 1. The predicted octanol–water partition coefficient (Wildman–Crippen LogP) is 16.0. The first-order valence-electron chi connectivity index (χ1n) is 24.7. The molecule has 0 atom stereocenters. The Morgan fingerprint density at radius 3 is 1.37 bits per heavy atom. The van der Waals surface area contributed by atoms with Gasteiger partial charge in [-0.05, 0) is 82.0 Å². The van der Waals surface area contributed by atoms with Crippen LogP contribution in [0.25, 0.3) is 93.2 Å². The van der Waals surface area contributed by atoms with E-state index in [2.05, 4.69) is 73.1 Å². The zero-order chi connectivity index (χ0) is 56.8. The van der Waals surface area contributed by atoms with Gasteiger partial charge in [-0.2, -0.15) is 21.0 Å². The van der Waals surface area contributed by atoms with Gasteiger partial charge < -0.3 is 28.1 Å². The SMILES string of the molecule is CCN(CC)CC.N#Cc1c(F)c(F)c(C#N)c(-n2c3ccccc3c3c4c(ccc32)oc2ccccc24)c1F.N#Cc1c(F)c(F)c(C#N)c(F)c1F.[2H]CC(C)=O.c1ccc2c(c1)[nH]c1ccc3oc4ccccc4c3c12. The molecule has 10 nitrogen and oxygen atoms in total. The van der Waals surface area contributed by atoms with Crippen LogP contribution in [0.3, 0.4) is 0 Å². The van der Waals surface area contributed by atoms with Gasteiger partial charge >= 0.3 is 0 Å². The van der Waals surface area contributed by atoms with Crippen molar-refractivity contribution in [3.05, 3.63) is 184 Å². The van der Waals surface area contributed by atoms with Gasteiger partial charge in [-0.3, -0.25) is 0 Å². The van der Waals surface area contributed by atoms with E-state index in [-0.39, 0.29) is 12.7 Å². The summed E-state index contributed by atoms with van der Waals surface area (Å²) in [5.74, 6) is -12.1. The zero-order valence-electron chi connectivity index (χ0n) is 42.9. The summed E-state index contributed by atoms with van der Waals surface area (Å²) >= 11 is 0. The lowest BCUT2D eigenvalue weighted by atomic mass is 10.1. The first-order valence-corrected chi connectivity index (χ1v) is 24.0. The number of nitriles is 4. The molecule has 0 aliphatic carbocycles. The Labute approximate surface area is 441 Å². The molecule has 1 N–H and O–H groups in total. The number of carbonyl (C=O) groups excluding carboxylic acids is 1. The molecule has 0 fully saturated rings. The molecule has 0 spiro atoms. The number of carbonyl (C=O) groups is 1. The highest BCUT2D eigenvalue weighted by Gasteiger charge is 2.30. The number of benzene rings is 8. The van der Waals surface area contributed by atoms with E-state index in [0.717, 1.165) is 39.6 Å². The van der Waals surface area contributed by atoms with Crippen molar-refractivity contribution < 1.29 is 45.7 Å². The minimum atomic E-state index is -1.86. The van der Waals surface area contributed by atoms with Crippen LogP contribution < -0.4 is 0 Å². The minimum absolute atomic E-state index is 0.0787. The van der Waals surface area contributed by atoms with E-state index in [9.17, 15) is 41.7 Å². The number of aromatic amines is 1. The van der Waals surface area contributed by atoms with Crippen LogP contribution in [-0.2, 0) is 4.79 Å². The lowest BCUT2D eigenvalue weighted by molar-refractivity contribution is -0.115. The molecule has 0 aliphatic heterocycles. The van der Waals surface area contributed by atoms with Crippen molar-refractivity contribution in [1.82, 2.24) is 14.5 Å². The van der Waals surface area contributed by atoms with Gasteiger partial charge in [-0.15, -0.1) is 0 Å². The average molecular weight is 1060 g/mol. The fourth-order valence-corrected chi connectivity index (χ4v) is 9.23. The lowest BCUT2D eigenvalue weighted by Crippen LogP contribution is -2.21. The Balaban J connectivity index is 0.000000152. The van der Waals surface area contributed by atoms with Gasteiger partial charge in [0, 0.05) is 55.5 Å². The quantitative estimate of drug-likeness (QED) is 0.134. The Morgan fingerprint density at radius 2 is 0.897 bits per heavy atom. The maximum atomic E-state index is 15.5. The van der Waals surface area contributed by atoms with Crippen LogP contribution in [0.2, 0.25) is 0 Å². The number of rotatable bonds is 4. The predicted molar refractivity (Wildman–Crippen MR) is 286 cm³/mol. The van der Waals surface area contributed by atoms with E-state index in [4.69, 9.17) is 20.7 Å². The van der Waals surface area contributed by atoms with Crippen molar-refractivity contribution in [2.24, 2.45) is 0 Å². The van der Waals surface area contributed by atoms with Gasteiger partial charge in [0.25, 0.3) is 0 Å². The minimum Gasteiger partial charge on any atom is -0.456 e. The second-order valence-corrected chi connectivity index (χ2v) is 17.2. The Bertz CT molecular complexity index is 4360. The van der Waals surface area contributed by atoms with Crippen molar-refractivity contribution in [1.29, 1.82) is 21.0 Å². The summed E-state index contributed by atoms with van der Waals surface area (Å²) in [6.07, 6.45) is 0. The number of fused-ring (bicyclic) bond motifs is 14. The highest BCUT2D eigenvalue weighted by Crippen LogP contribution is 2.43. The third-order valence-electron chi connectivity index (χ3n) is 12.8. The molecule has 0 radical (unpaired) electrons. The molecular formula is C61H42F7N7O3. The average Bonchev–Trinajstić information content (AvgIpc) is 3.39. The highest BCUT2D eigenvalue weighted by molar-refractivity contribution is 6.28. The molecule has 0 bridgehead atoms. The normalized spacial score (nSPS) is 11.0. The second-order valence-electron chi connectivity index (χ2n) is 17.2. The molecule has 0 aliphatic rings. The standard InChI is InChI=1S/C26H10F3N3O.C18H11NO.C8F4N2.C6H15N.C3H6O/c27-23-15(11-30)25(29)26(16(12-31)24(23)28)32-17-7-3-1-5-13(17)21-18(32)9-10-20-22(21)14-6-2-4-8-19(14)33-20;1-3-7-13-11(5-1)17-14(19-13)9-10-16-18(17)12-6-2-4-8-15(12)20-16;9-5-3(1-13)6(10)8(12)4(2-14)7(5)11;1-4-7(5-2)6-3;1-3(2)4/h1-10H;1-10,19H;;4-6H2,1-3H3;1-2H3/i;;;;1D.